The number of hydrogen-bond donors (Lipinski definition) is 3. The van der Waals surface area contributed by atoms with Gasteiger partial charge in [-0.25, -0.2) is 0 Å². The molecule has 1 heterocycles. The Morgan fingerprint density at radius 3 is 2.87 bits per heavy atom. The first-order chi connectivity index (χ1) is 7.13. The molecule has 0 bridgehead atoms. The van der Waals surface area contributed by atoms with Gasteiger partial charge in [0.15, 0.2) is 0 Å². The Kier molecular flexibility index (Phi) is 1.83. The second-order valence-electron chi connectivity index (χ2n) is 3.08. The maximum Gasteiger partial charge on any atom is 0.209 e. The number of nitrogen functional groups attached to an aromatic ring is 1. The molecule has 0 aliphatic heterocycles. The van der Waals surface area contributed by atoms with Gasteiger partial charge < -0.3 is 15.8 Å². The Labute approximate surface area is 84.4 Å². The standard InChI is InChI=1S/C10H7N3O2/c11-4-7-9(15)6-3-5(14)1-2-8(6)13-10(7)12/h1-3,14H,(H3,12,13,15). The number of nitrogens with one attached hydrogen (secondary N) is 1. The molecule has 0 saturated carbocycles. The Hall–Kier alpha value is -2.48. The van der Waals surface area contributed by atoms with Crippen molar-refractivity contribution in [3.05, 3.63) is 34.0 Å². The summed E-state index contributed by atoms with van der Waals surface area (Å²) in [7, 11) is 0. The number of phenols is 1. The van der Waals surface area contributed by atoms with Crippen LogP contribution in [0, 0.1) is 11.3 Å². The molecule has 4 N–H and O–H groups in total. The topological polar surface area (TPSA) is 103 Å². The highest BCUT2D eigenvalue weighted by molar-refractivity contribution is 5.83. The summed E-state index contributed by atoms with van der Waals surface area (Å²) in [5.74, 6) is 0.0161. The first-order valence-electron chi connectivity index (χ1n) is 4.18. The van der Waals surface area contributed by atoms with Gasteiger partial charge in [0.1, 0.15) is 23.2 Å². The van der Waals surface area contributed by atoms with Crippen LogP contribution in [0.5, 0.6) is 5.75 Å². The van der Waals surface area contributed by atoms with E-state index in [4.69, 9.17) is 11.0 Å². The summed E-state index contributed by atoms with van der Waals surface area (Å²) in [6, 6.07) is 5.99. The van der Waals surface area contributed by atoms with Gasteiger partial charge in [0.05, 0.1) is 10.9 Å². The zero-order valence-electron chi connectivity index (χ0n) is 7.61. The molecule has 0 radical (unpaired) electrons. The Bertz CT molecular complexity index is 637. The molecule has 0 unspecified atom stereocenters. The third kappa shape index (κ3) is 1.28. The molecule has 2 aromatic rings. The molecular weight excluding hydrogens is 194 g/mol. The second kappa shape index (κ2) is 3.03. The maximum atomic E-state index is 11.7. The minimum atomic E-state index is -0.473. The number of aromatic amines is 1. The number of nitrogens with zero attached hydrogens (tertiary/aromatic N) is 1. The molecular formula is C10H7N3O2. The van der Waals surface area contributed by atoms with Crippen LogP contribution in [0.15, 0.2) is 23.0 Å². The summed E-state index contributed by atoms with van der Waals surface area (Å²) in [5.41, 5.74) is 5.39. The maximum absolute atomic E-state index is 11.7. The van der Waals surface area contributed by atoms with Crippen molar-refractivity contribution in [1.29, 1.82) is 5.26 Å². The number of rotatable bonds is 0. The molecule has 5 heteroatoms. The SMILES string of the molecule is N#Cc1c(N)[nH]c2ccc(O)cc2c1=O. The van der Waals surface area contributed by atoms with E-state index in [1.54, 1.807) is 6.07 Å². The lowest BCUT2D eigenvalue weighted by molar-refractivity contribution is 0.476. The third-order valence-corrected chi connectivity index (χ3v) is 2.13. The number of phenolic OH excluding ortho intramolecular Hbond substituents is 1. The molecule has 0 fully saturated rings. The quantitative estimate of drug-likeness (QED) is 0.583. The van der Waals surface area contributed by atoms with Crippen LogP contribution in [0.1, 0.15) is 5.56 Å². The Balaban J connectivity index is 3.01. The van der Waals surface area contributed by atoms with Gasteiger partial charge in [-0.2, -0.15) is 5.26 Å². The van der Waals surface area contributed by atoms with E-state index in [9.17, 15) is 9.90 Å². The molecule has 74 valence electrons. The molecule has 0 aliphatic rings. The van der Waals surface area contributed by atoms with E-state index in [0.29, 0.717) is 5.52 Å². The van der Waals surface area contributed by atoms with Gasteiger partial charge in [-0.3, -0.25) is 4.79 Å². The summed E-state index contributed by atoms with van der Waals surface area (Å²) in [6.07, 6.45) is 0. The van der Waals surface area contributed by atoms with E-state index in [0.717, 1.165) is 0 Å². The molecule has 0 aliphatic carbocycles. The minimum absolute atomic E-state index is 0.0262. The van der Waals surface area contributed by atoms with Crippen molar-refractivity contribution in [3.8, 4) is 11.8 Å². The van der Waals surface area contributed by atoms with E-state index >= 15 is 0 Å². The zero-order valence-corrected chi connectivity index (χ0v) is 7.61. The van der Waals surface area contributed by atoms with Gasteiger partial charge in [-0.05, 0) is 18.2 Å². The summed E-state index contributed by atoms with van der Waals surface area (Å²) >= 11 is 0. The first kappa shape index (κ1) is 9.09. The fourth-order valence-electron chi connectivity index (χ4n) is 1.40. The number of pyridine rings is 1. The van der Waals surface area contributed by atoms with Crippen molar-refractivity contribution >= 4 is 16.7 Å². The number of fused-ring (bicyclic) bond motifs is 1. The lowest BCUT2D eigenvalue weighted by Gasteiger charge is -2.02. The molecule has 15 heavy (non-hydrogen) atoms. The predicted octanol–water partition coefficient (Wildman–Crippen LogP) is 0.688. The van der Waals surface area contributed by atoms with Crippen LogP contribution in [0.4, 0.5) is 5.82 Å². The number of aromatic hydroxyl groups is 1. The van der Waals surface area contributed by atoms with E-state index in [1.807, 2.05) is 0 Å². The Morgan fingerprint density at radius 2 is 2.20 bits per heavy atom. The van der Waals surface area contributed by atoms with Gasteiger partial charge in [-0.1, -0.05) is 0 Å². The Morgan fingerprint density at radius 1 is 1.47 bits per heavy atom. The van der Waals surface area contributed by atoms with Gasteiger partial charge in [-0.15, -0.1) is 0 Å². The summed E-state index contributed by atoms with van der Waals surface area (Å²) in [6.45, 7) is 0. The van der Waals surface area contributed by atoms with Gasteiger partial charge in [0.2, 0.25) is 5.43 Å². The molecule has 1 aromatic heterocycles. The summed E-state index contributed by atoms with van der Waals surface area (Å²) in [5, 5.41) is 18.2. The predicted molar refractivity (Wildman–Crippen MR) is 55.4 cm³/mol. The van der Waals surface area contributed by atoms with Crippen molar-refractivity contribution in [2.75, 3.05) is 5.73 Å². The molecule has 0 spiro atoms. The molecule has 2 rings (SSSR count). The lowest BCUT2D eigenvalue weighted by Crippen LogP contribution is -2.11. The van der Waals surface area contributed by atoms with E-state index in [2.05, 4.69) is 4.98 Å². The normalized spacial score (nSPS) is 10.1. The molecule has 0 atom stereocenters. The van der Waals surface area contributed by atoms with Crippen LogP contribution in [-0.2, 0) is 0 Å². The highest BCUT2D eigenvalue weighted by atomic mass is 16.3. The second-order valence-corrected chi connectivity index (χ2v) is 3.08. The van der Waals surface area contributed by atoms with Gasteiger partial charge in [0.25, 0.3) is 0 Å². The monoisotopic (exact) mass is 201 g/mol. The lowest BCUT2D eigenvalue weighted by atomic mass is 10.1. The zero-order chi connectivity index (χ0) is 11.0. The van der Waals surface area contributed by atoms with Crippen LogP contribution < -0.4 is 11.2 Å². The van der Waals surface area contributed by atoms with Crippen LogP contribution in [-0.4, -0.2) is 10.1 Å². The number of aromatic nitrogens is 1. The highest BCUT2D eigenvalue weighted by Crippen LogP contribution is 2.17. The van der Waals surface area contributed by atoms with Crippen LogP contribution in [0.25, 0.3) is 10.9 Å². The van der Waals surface area contributed by atoms with Crippen molar-refractivity contribution in [2.24, 2.45) is 0 Å². The number of anilines is 1. The summed E-state index contributed by atoms with van der Waals surface area (Å²) in [4.78, 5) is 14.4. The van der Waals surface area contributed by atoms with Crippen molar-refractivity contribution < 1.29 is 5.11 Å². The minimum Gasteiger partial charge on any atom is -0.508 e. The van der Waals surface area contributed by atoms with Crippen LogP contribution in [0.2, 0.25) is 0 Å². The van der Waals surface area contributed by atoms with E-state index in [1.165, 1.54) is 18.2 Å². The van der Waals surface area contributed by atoms with Gasteiger partial charge in [0, 0.05) is 0 Å². The van der Waals surface area contributed by atoms with Crippen LogP contribution in [0.3, 0.4) is 0 Å². The van der Waals surface area contributed by atoms with Gasteiger partial charge >= 0.3 is 0 Å². The molecule has 0 amide bonds. The molecule has 0 saturated heterocycles. The van der Waals surface area contributed by atoms with Crippen LogP contribution >= 0.6 is 0 Å². The number of nitriles is 1. The molecule has 5 nitrogen and oxygen atoms in total. The third-order valence-electron chi connectivity index (χ3n) is 2.13. The highest BCUT2D eigenvalue weighted by Gasteiger charge is 2.09. The number of benzene rings is 1. The van der Waals surface area contributed by atoms with E-state index in [-0.39, 0.29) is 22.5 Å². The fraction of sp³-hybridized carbons (Fsp3) is 0. The fourth-order valence-corrected chi connectivity index (χ4v) is 1.40. The average molecular weight is 201 g/mol. The number of H-pyrrole nitrogens is 1. The van der Waals surface area contributed by atoms with Crippen molar-refractivity contribution in [1.82, 2.24) is 4.98 Å². The van der Waals surface area contributed by atoms with E-state index < -0.39 is 5.43 Å². The first-order valence-corrected chi connectivity index (χ1v) is 4.18. The van der Waals surface area contributed by atoms with Crippen molar-refractivity contribution in [3.63, 3.8) is 0 Å². The number of hydrogen-bond acceptors (Lipinski definition) is 4. The average Bonchev–Trinajstić information content (AvgIpc) is 2.20. The van der Waals surface area contributed by atoms with Crippen molar-refractivity contribution in [2.45, 2.75) is 0 Å². The molecule has 1 aromatic carbocycles. The summed E-state index contributed by atoms with van der Waals surface area (Å²) < 4.78 is 0. The number of nitrogens with two attached hydrogens (primary N) is 1. The smallest absolute Gasteiger partial charge is 0.209 e. The largest absolute Gasteiger partial charge is 0.508 e.